The molecule has 0 aromatic heterocycles. The highest BCUT2D eigenvalue weighted by Gasteiger charge is 2.28. The zero-order valence-corrected chi connectivity index (χ0v) is 18.3. The number of carbonyl (C=O) groups excluding carboxylic acids is 2. The van der Waals surface area contributed by atoms with Crippen molar-refractivity contribution in [2.24, 2.45) is 0 Å². The first-order valence-corrected chi connectivity index (χ1v) is 10.5. The summed E-state index contributed by atoms with van der Waals surface area (Å²) in [7, 11) is 2.89. The number of ether oxygens (including phenoxy) is 3. The minimum atomic E-state index is -0.691. The van der Waals surface area contributed by atoms with Crippen LogP contribution in [0.5, 0.6) is 11.5 Å². The molecular formula is C23H18ClNO5S. The van der Waals surface area contributed by atoms with Gasteiger partial charge >= 0.3 is 5.97 Å². The largest absolute Gasteiger partial charge is 0.493 e. The molecule has 31 heavy (non-hydrogen) atoms. The highest BCUT2D eigenvalue weighted by Crippen LogP contribution is 2.47. The van der Waals surface area contributed by atoms with Crippen molar-refractivity contribution in [2.75, 3.05) is 25.7 Å². The summed E-state index contributed by atoms with van der Waals surface area (Å²) in [5, 5.41) is 0.205. The Morgan fingerprint density at radius 1 is 0.935 bits per heavy atom. The van der Waals surface area contributed by atoms with Gasteiger partial charge in [0, 0.05) is 9.79 Å². The molecule has 3 aromatic rings. The maximum absolute atomic E-state index is 13.1. The molecule has 0 fully saturated rings. The first-order valence-electron chi connectivity index (χ1n) is 9.31. The molecule has 1 aliphatic rings. The predicted molar refractivity (Wildman–Crippen MR) is 119 cm³/mol. The molecule has 6 nitrogen and oxygen atoms in total. The van der Waals surface area contributed by atoms with Crippen molar-refractivity contribution < 1.29 is 23.8 Å². The number of para-hydroxylation sites is 2. The van der Waals surface area contributed by atoms with Gasteiger partial charge in [0.1, 0.15) is 0 Å². The molecule has 0 radical (unpaired) electrons. The number of anilines is 2. The Morgan fingerprint density at radius 3 is 2.13 bits per heavy atom. The molecule has 0 spiro atoms. The lowest BCUT2D eigenvalue weighted by Crippen LogP contribution is -2.32. The van der Waals surface area contributed by atoms with Crippen molar-refractivity contribution in [3.63, 3.8) is 0 Å². The zero-order valence-electron chi connectivity index (χ0n) is 16.8. The van der Waals surface area contributed by atoms with Crippen LogP contribution in [0.25, 0.3) is 0 Å². The van der Waals surface area contributed by atoms with Crippen LogP contribution in [-0.2, 0) is 9.53 Å². The van der Waals surface area contributed by atoms with Gasteiger partial charge in [0.05, 0.1) is 36.2 Å². The van der Waals surface area contributed by atoms with Crippen LogP contribution in [-0.4, -0.2) is 32.7 Å². The molecule has 4 rings (SSSR count). The summed E-state index contributed by atoms with van der Waals surface area (Å²) in [5.74, 6) is -0.440. The van der Waals surface area contributed by atoms with E-state index in [1.807, 2.05) is 48.5 Å². The fourth-order valence-corrected chi connectivity index (χ4v) is 4.63. The van der Waals surface area contributed by atoms with Crippen LogP contribution in [0.4, 0.5) is 11.4 Å². The van der Waals surface area contributed by atoms with E-state index in [2.05, 4.69) is 0 Å². The lowest BCUT2D eigenvalue weighted by molar-refractivity contribution is -0.121. The van der Waals surface area contributed by atoms with Gasteiger partial charge in [-0.3, -0.25) is 9.69 Å². The van der Waals surface area contributed by atoms with Gasteiger partial charge in [0.25, 0.3) is 5.91 Å². The lowest BCUT2D eigenvalue weighted by Gasteiger charge is -2.30. The van der Waals surface area contributed by atoms with Crippen LogP contribution in [0, 0.1) is 0 Å². The standard InChI is InChI=1S/C23H18ClNO5S/c1-28-18-12-14(11-15(24)22(18)29-2)23(27)30-13-21(26)25-16-7-3-5-9-19(16)31-20-10-6-4-8-17(20)25/h3-12H,13H2,1-2H3. The Balaban J connectivity index is 1.56. The van der Waals surface area contributed by atoms with Crippen molar-refractivity contribution in [1.29, 1.82) is 0 Å². The average Bonchev–Trinajstić information content (AvgIpc) is 2.80. The van der Waals surface area contributed by atoms with Crippen LogP contribution in [0.3, 0.4) is 0 Å². The molecule has 1 heterocycles. The third-order valence-electron chi connectivity index (χ3n) is 4.68. The minimum absolute atomic E-state index is 0.158. The van der Waals surface area contributed by atoms with Crippen LogP contribution >= 0.6 is 23.4 Å². The van der Waals surface area contributed by atoms with E-state index in [0.717, 1.165) is 21.2 Å². The third-order valence-corrected chi connectivity index (χ3v) is 6.09. The van der Waals surface area contributed by atoms with E-state index < -0.39 is 12.6 Å². The molecule has 3 aromatic carbocycles. The number of benzene rings is 3. The van der Waals surface area contributed by atoms with Crippen molar-refractivity contribution in [1.82, 2.24) is 0 Å². The summed E-state index contributed by atoms with van der Waals surface area (Å²) in [6.45, 7) is -0.432. The molecule has 0 bridgehead atoms. The van der Waals surface area contributed by atoms with Crippen LogP contribution in [0.15, 0.2) is 70.5 Å². The topological polar surface area (TPSA) is 65.1 Å². The van der Waals surface area contributed by atoms with E-state index >= 15 is 0 Å². The second kappa shape index (κ2) is 8.91. The predicted octanol–water partition coefficient (Wildman–Crippen LogP) is 5.34. The van der Waals surface area contributed by atoms with Gasteiger partial charge < -0.3 is 14.2 Å². The number of methoxy groups -OCH3 is 2. The summed E-state index contributed by atoms with van der Waals surface area (Å²) in [5.41, 5.74) is 1.66. The fraction of sp³-hybridized carbons (Fsp3) is 0.130. The van der Waals surface area contributed by atoms with Crippen molar-refractivity contribution in [3.05, 3.63) is 71.2 Å². The number of halogens is 1. The van der Waals surface area contributed by atoms with Gasteiger partial charge in [-0.1, -0.05) is 47.6 Å². The number of hydrogen-bond acceptors (Lipinski definition) is 6. The fourth-order valence-electron chi connectivity index (χ4n) is 3.28. The second-order valence-electron chi connectivity index (χ2n) is 6.54. The summed E-state index contributed by atoms with van der Waals surface area (Å²) >= 11 is 7.76. The van der Waals surface area contributed by atoms with Gasteiger partial charge in [-0.05, 0) is 36.4 Å². The van der Waals surface area contributed by atoms with Crippen LogP contribution in [0.2, 0.25) is 5.02 Å². The highest BCUT2D eigenvalue weighted by molar-refractivity contribution is 7.99. The number of fused-ring (bicyclic) bond motifs is 2. The molecule has 158 valence electrons. The van der Waals surface area contributed by atoms with E-state index in [-0.39, 0.29) is 16.5 Å². The number of hydrogen-bond donors (Lipinski definition) is 0. The van der Waals surface area contributed by atoms with Crippen molar-refractivity contribution in [3.8, 4) is 11.5 Å². The number of amides is 1. The van der Waals surface area contributed by atoms with Gasteiger partial charge in [-0.2, -0.15) is 0 Å². The minimum Gasteiger partial charge on any atom is -0.493 e. The summed E-state index contributed by atoms with van der Waals surface area (Å²) in [6, 6.07) is 18.1. The molecule has 1 amide bonds. The van der Waals surface area contributed by atoms with Gasteiger partial charge in [-0.15, -0.1) is 0 Å². The first-order chi connectivity index (χ1) is 15.0. The Kier molecular flexibility index (Phi) is 6.06. The van der Waals surface area contributed by atoms with Gasteiger partial charge in [0.2, 0.25) is 0 Å². The molecule has 1 aliphatic heterocycles. The molecule has 8 heteroatoms. The molecule has 0 saturated carbocycles. The summed E-state index contributed by atoms with van der Waals surface area (Å²) in [4.78, 5) is 29.2. The highest BCUT2D eigenvalue weighted by atomic mass is 35.5. The average molecular weight is 456 g/mol. The molecule has 0 unspecified atom stereocenters. The zero-order chi connectivity index (χ0) is 22.0. The maximum Gasteiger partial charge on any atom is 0.338 e. The smallest absolute Gasteiger partial charge is 0.338 e. The second-order valence-corrected chi connectivity index (χ2v) is 8.03. The van der Waals surface area contributed by atoms with Gasteiger partial charge in [0.15, 0.2) is 18.1 Å². The van der Waals surface area contributed by atoms with E-state index in [1.165, 1.54) is 26.4 Å². The Hall–Kier alpha value is -3.16. The third kappa shape index (κ3) is 4.06. The van der Waals surface area contributed by atoms with Crippen LogP contribution in [0.1, 0.15) is 10.4 Å². The molecule has 0 saturated heterocycles. The number of rotatable bonds is 5. The monoisotopic (exact) mass is 455 g/mol. The van der Waals surface area contributed by atoms with Crippen molar-refractivity contribution >= 4 is 46.6 Å². The van der Waals surface area contributed by atoms with Gasteiger partial charge in [-0.25, -0.2) is 4.79 Å². The van der Waals surface area contributed by atoms with Crippen LogP contribution < -0.4 is 14.4 Å². The summed E-state index contributed by atoms with van der Waals surface area (Å²) in [6.07, 6.45) is 0. The number of esters is 1. The number of carbonyl (C=O) groups is 2. The maximum atomic E-state index is 13.1. The Labute approximate surface area is 188 Å². The van der Waals surface area contributed by atoms with E-state index in [9.17, 15) is 9.59 Å². The SMILES string of the molecule is COc1cc(C(=O)OCC(=O)N2c3ccccc3Sc3ccccc32)cc(Cl)c1OC. The number of nitrogens with zero attached hydrogens (tertiary/aromatic N) is 1. The molecular weight excluding hydrogens is 438 g/mol. The quantitative estimate of drug-likeness (QED) is 0.483. The van der Waals surface area contributed by atoms with E-state index in [1.54, 1.807) is 16.7 Å². The normalized spacial score (nSPS) is 11.9. The Morgan fingerprint density at radius 2 is 1.55 bits per heavy atom. The van der Waals surface area contributed by atoms with E-state index in [4.69, 9.17) is 25.8 Å². The lowest BCUT2D eigenvalue weighted by atomic mass is 10.2. The molecule has 0 N–H and O–H groups in total. The first kappa shape index (κ1) is 21.1. The molecule has 0 atom stereocenters. The van der Waals surface area contributed by atoms with Crippen molar-refractivity contribution in [2.45, 2.75) is 9.79 Å². The molecule has 0 aliphatic carbocycles. The van der Waals surface area contributed by atoms with E-state index in [0.29, 0.717) is 11.5 Å². The Bertz CT molecular complexity index is 1120. The summed E-state index contributed by atoms with van der Waals surface area (Å²) < 4.78 is 15.7.